The minimum Gasteiger partial charge on any atom is -0.357 e. The molecule has 0 spiro atoms. The van der Waals surface area contributed by atoms with Crippen molar-refractivity contribution in [2.75, 3.05) is 57.8 Å². The molecule has 0 saturated carbocycles. The Morgan fingerprint density at radius 2 is 1.77 bits per heavy atom. The van der Waals surface area contributed by atoms with Crippen molar-refractivity contribution in [3.8, 4) is 0 Å². The third-order valence-electron chi connectivity index (χ3n) is 5.06. The monoisotopic (exact) mass is 322 g/mol. The molecule has 2 saturated heterocycles. The maximum atomic E-state index is 6.07. The summed E-state index contributed by atoms with van der Waals surface area (Å²) in [6, 6.07) is 4.02. The van der Waals surface area contributed by atoms with Crippen LogP contribution < -0.4 is 4.90 Å². The highest BCUT2D eigenvalue weighted by Crippen LogP contribution is 2.25. The van der Waals surface area contributed by atoms with Crippen LogP contribution in [0.3, 0.4) is 0 Å². The number of pyridine rings is 1. The third kappa shape index (κ3) is 3.92. The molecule has 2 aliphatic rings. The van der Waals surface area contributed by atoms with E-state index in [9.17, 15) is 0 Å². The molecule has 5 heteroatoms. The Bertz CT molecular complexity index is 491. The van der Waals surface area contributed by atoms with Crippen LogP contribution in [-0.2, 0) is 0 Å². The Labute approximate surface area is 139 Å². The number of piperidine rings is 1. The van der Waals surface area contributed by atoms with E-state index in [1.165, 1.54) is 45.6 Å². The first-order valence-electron chi connectivity index (χ1n) is 8.41. The van der Waals surface area contributed by atoms with E-state index in [0.717, 1.165) is 35.5 Å². The van der Waals surface area contributed by atoms with Crippen LogP contribution in [0.2, 0.25) is 5.02 Å². The summed E-state index contributed by atoms with van der Waals surface area (Å²) in [6.45, 7) is 10.4. The molecule has 0 bridgehead atoms. The highest BCUT2D eigenvalue weighted by Gasteiger charge is 2.23. The van der Waals surface area contributed by atoms with Crippen LogP contribution in [0.15, 0.2) is 12.1 Å². The number of hydrogen-bond donors (Lipinski definition) is 0. The summed E-state index contributed by atoms with van der Waals surface area (Å²) in [5.41, 5.74) is 0.929. The lowest BCUT2D eigenvalue weighted by Gasteiger charge is -2.38. The number of anilines is 1. The minimum atomic E-state index is 0.758. The summed E-state index contributed by atoms with van der Waals surface area (Å²) in [7, 11) is 2.22. The van der Waals surface area contributed by atoms with E-state index < -0.39 is 0 Å². The first-order valence-corrected chi connectivity index (χ1v) is 8.78. The summed E-state index contributed by atoms with van der Waals surface area (Å²) in [6.07, 6.45) is 2.55. The first kappa shape index (κ1) is 16.0. The lowest BCUT2D eigenvalue weighted by Crippen LogP contribution is -2.47. The van der Waals surface area contributed by atoms with Gasteiger partial charge in [0.25, 0.3) is 0 Å². The fourth-order valence-corrected chi connectivity index (χ4v) is 3.55. The number of rotatable bonds is 3. The molecule has 3 rings (SSSR count). The highest BCUT2D eigenvalue weighted by atomic mass is 35.5. The standard InChI is InChI=1S/C17H27ClN4/c1-14-16(18)3-4-17(19-14)22-7-5-15(6-8-22)13-21-11-9-20(2)10-12-21/h3-4,15H,5-13H2,1-2H3. The van der Waals surface area contributed by atoms with Gasteiger partial charge in [-0.2, -0.15) is 0 Å². The molecule has 0 amide bonds. The van der Waals surface area contributed by atoms with E-state index in [1.807, 2.05) is 13.0 Å². The second-order valence-electron chi connectivity index (χ2n) is 6.77. The quantitative estimate of drug-likeness (QED) is 0.853. The van der Waals surface area contributed by atoms with Gasteiger partial charge in [0.05, 0.1) is 10.7 Å². The Hall–Kier alpha value is -0.840. The molecule has 2 fully saturated rings. The van der Waals surface area contributed by atoms with Gasteiger partial charge in [-0.15, -0.1) is 0 Å². The Balaban J connectivity index is 1.48. The molecule has 0 unspecified atom stereocenters. The zero-order valence-corrected chi connectivity index (χ0v) is 14.5. The molecule has 122 valence electrons. The lowest BCUT2D eigenvalue weighted by atomic mass is 9.96. The smallest absolute Gasteiger partial charge is 0.128 e. The Morgan fingerprint density at radius 3 is 2.41 bits per heavy atom. The van der Waals surface area contributed by atoms with E-state index in [4.69, 9.17) is 11.6 Å². The molecular weight excluding hydrogens is 296 g/mol. The average Bonchev–Trinajstić information content (AvgIpc) is 2.53. The largest absolute Gasteiger partial charge is 0.357 e. The maximum Gasteiger partial charge on any atom is 0.128 e. The fourth-order valence-electron chi connectivity index (χ4n) is 3.45. The Morgan fingerprint density at radius 1 is 1.09 bits per heavy atom. The van der Waals surface area contributed by atoms with E-state index in [-0.39, 0.29) is 0 Å². The first-order chi connectivity index (χ1) is 10.6. The van der Waals surface area contributed by atoms with Gasteiger partial charge in [-0.1, -0.05) is 11.6 Å². The number of nitrogens with zero attached hydrogens (tertiary/aromatic N) is 4. The zero-order chi connectivity index (χ0) is 15.5. The second kappa shape index (κ2) is 7.16. The molecule has 0 radical (unpaired) electrons. The number of hydrogen-bond acceptors (Lipinski definition) is 4. The van der Waals surface area contributed by atoms with Gasteiger partial charge in [0.15, 0.2) is 0 Å². The maximum absolute atomic E-state index is 6.07. The molecule has 1 aromatic heterocycles. The van der Waals surface area contributed by atoms with Crippen molar-refractivity contribution < 1.29 is 0 Å². The van der Waals surface area contributed by atoms with Gasteiger partial charge in [-0.25, -0.2) is 4.98 Å². The number of likely N-dealkylation sites (N-methyl/N-ethyl adjacent to an activating group) is 1. The SMILES string of the molecule is Cc1nc(N2CCC(CN3CCN(C)CC3)CC2)ccc1Cl. The van der Waals surface area contributed by atoms with Gasteiger partial charge in [-0.05, 0) is 44.9 Å². The summed E-state index contributed by atoms with van der Waals surface area (Å²) in [4.78, 5) is 12.1. The van der Waals surface area contributed by atoms with Crippen LogP contribution in [-0.4, -0.2) is 67.6 Å². The number of halogens is 1. The topological polar surface area (TPSA) is 22.6 Å². The molecule has 0 aliphatic carbocycles. The van der Waals surface area contributed by atoms with Crippen molar-refractivity contribution in [2.45, 2.75) is 19.8 Å². The van der Waals surface area contributed by atoms with E-state index in [1.54, 1.807) is 0 Å². The van der Waals surface area contributed by atoms with Crippen molar-refractivity contribution in [1.29, 1.82) is 0 Å². The number of aromatic nitrogens is 1. The van der Waals surface area contributed by atoms with Crippen molar-refractivity contribution >= 4 is 17.4 Å². The summed E-state index contributed by atoms with van der Waals surface area (Å²) < 4.78 is 0. The lowest BCUT2D eigenvalue weighted by molar-refractivity contribution is 0.129. The van der Waals surface area contributed by atoms with Crippen molar-refractivity contribution in [2.24, 2.45) is 5.92 Å². The second-order valence-corrected chi connectivity index (χ2v) is 7.18. The van der Waals surface area contributed by atoms with Gasteiger partial charge in [0, 0.05) is 45.8 Å². The predicted octanol–water partition coefficient (Wildman–Crippen LogP) is 2.51. The minimum absolute atomic E-state index is 0.758. The van der Waals surface area contributed by atoms with Crippen molar-refractivity contribution in [1.82, 2.24) is 14.8 Å². The normalized spacial score (nSPS) is 22.2. The van der Waals surface area contributed by atoms with Crippen LogP contribution in [0.1, 0.15) is 18.5 Å². The zero-order valence-electron chi connectivity index (χ0n) is 13.8. The summed E-state index contributed by atoms with van der Waals surface area (Å²) in [5, 5.41) is 0.758. The van der Waals surface area contributed by atoms with Crippen LogP contribution in [0.5, 0.6) is 0 Å². The van der Waals surface area contributed by atoms with E-state index in [2.05, 4.69) is 32.8 Å². The van der Waals surface area contributed by atoms with Gasteiger partial charge < -0.3 is 14.7 Å². The molecule has 0 N–H and O–H groups in total. The third-order valence-corrected chi connectivity index (χ3v) is 5.46. The van der Waals surface area contributed by atoms with Gasteiger partial charge in [0.1, 0.15) is 5.82 Å². The van der Waals surface area contributed by atoms with Crippen LogP contribution >= 0.6 is 11.6 Å². The molecule has 4 nitrogen and oxygen atoms in total. The highest BCUT2D eigenvalue weighted by molar-refractivity contribution is 6.31. The molecular formula is C17H27ClN4. The molecule has 0 atom stereocenters. The van der Waals surface area contributed by atoms with Gasteiger partial charge in [-0.3, -0.25) is 0 Å². The molecule has 3 heterocycles. The summed E-state index contributed by atoms with van der Waals surface area (Å²) in [5.74, 6) is 1.92. The number of piperazine rings is 1. The Kier molecular flexibility index (Phi) is 5.21. The van der Waals surface area contributed by atoms with Gasteiger partial charge in [0.2, 0.25) is 0 Å². The van der Waals surface area contributed by atoms with Crippen LogP contribution in [0.25, 0.3) is 0 Å². The van der Waals surface area contributed by atoms with Crippen molar-refractivity contribution in [3.05, 3.63) is 22.8 Å². The molecule has 2 aliphatic heterocycles. The van der Waals surface area contributed by atoms with E-state index >= 15 is 0 Å². The average molecular weight is 323 g/mol. The molecule has 1 aromatic rings. The summed E-state index contributed by atoms with van der Waals surface area (Å²) >= 11 is 6.07. The van der Waals surface area contributed by atoms with Crippen LogP contribution in [0, 0.1) is 12.8 Å². The molecule has 0 aromatic carbocycles. The van der Waals surface area contributed by atoms with Gasteiger partial charge >= 0.3 is 0 Å². The van der Waals surface area contributed by atoms with E-state index in [0.29, 0.717) is 0 Å². The van der Waals surface area contributed by atoms with Crippen molar-refractivity contribution in [3.63, 3.8) is 0 Å². The van der Waals surface area contributed by atoms with Crippen LogP contribution in [0.4, 0.5) is 5.82 Å². The number of aryl methyl sites for hydroxylation is 1. The predicted molar refractivity (Wildman–Crippen MR) is 92.9 cm³/mol. The fraction of sp³-hybridized carbons (Fsp3) is 0.706. The molecule has 22 heavy (non-hydrogen) atoms.